The highest BCUT2D eigenvalue weighted by atomic mass is 32.1. The summed E-state index contributed by atoms with van der Waals surface area (Å²) in [4.78, 5) is 16.9. The van der Waals surface area contributed by atoms with E-state index in [1.807, 2.05) is 0 Å². The number of methoxy groups -OCH3 is 1. The van der Waals surface area contributed by atoms with Crippen LogP contribution < -0.4 is 0 Å². The van der Waals surface area contributed by atoms with E-state index in [1.54, 1.807) is 0 Å². The van der Waals surface area contributed by atoms with E-state index in [1.165, 1.54) is 12.0 Å². The van der Waals surface area contributed by atoms with E-state index >= 15 is 0 Å². The predicted octanol–water partition coefficient (Wildman–Crippen LogP) is 2.91. The molecule has 0 radical (unpaired) electrons. The quantitative estimate of drug-likeness (QED) is 0.702. The third-order valence-electron chi connectivity index (χ3n) is 4.02. The van der Waals surface area contributed by atoms with Crippen LogP contribution >= 0.6 is 11.3 Å². The number of halogens is 6. The van der Waals surface area contributed by atoms with E-state index in [9.17, 15) is 31.1 Å². The fourth-order valence-electron chi connectivity index (χ4n) is 3.02. The van der Waals surface area contributed by atoms with E-state index < -0.39 is 36.2 Å². The molecule has 0 spiro atoms. The summed E-state index contributed by atoms with van der Waals surface area (Å²) in [6, 6.07) is 0. The molecule has 0 bridgehead atoms. The molecule has 1 atom stereocenters. The Balaban J connectivity index is 1.85. The van der Waals surface area contributed by atoms with Gasteiger partial charge in [-0.2, -0.15) is 36.0 Å². The van der Waals surface area contributed by atoms with Gasteiger partial charge in [0.2, 0.25) is 4.96 Å². The van der Waals surface area contributed by atoms with Gasteiger partial charge < -0.3 is 4.74 Å². The zero-order chi connectivity index (χ0) is 20.0. The van der Waals surface area contributed by atoms with Crippen LogP contribution in [0.4, 0.5) is 26.3 Å². The highest BCUT2D eigenvalue weighted by Crippen LogP contribution is 2.35. The standard InChI is InChI=1S/C14H14F6N4O2S/c1-26-6-10-22-24-11(14(18,19)20)8(21-12(24)27-10)4-23-3-7(9(25)5-23)2-13(15,16)17/h7H,2-6H2,1H3/t7-/m0/s1. The number of alkyl halides is 6. The van der Waals surface area contributed by atoms with Crippen molar-refractivity contribution < 1.29 is 35.9 Å². The summed E-state index contributed by atoms with van der Waals surface area (Å²) in [5.41, 5.74) is -1.46. The maximum atomic E-state index is 13.5. The SMILES string of the molecule is COCc1nn2c(C(F)(F)F)c(CN3CC(=O)[C@@H](CC(F)(F)F)C3)nc2s1. The Bertz CT molecular complexity index is 843. The van der Waals surface area contributed by atoms with Gasteiger partial charge >= 0.3 is 12.4 Å². The molecule has 2 aromatic heterocycles. The average molecular weight is 416 g/mol. The Morgan fingerprint density at radius 2 is 1.96 bits per heavy atom. The zero-order valence-corrected chi connectivity index (χ0v) is 14.7. The third-order valence-corrected chi connectivity index (χ3v) is 4.90. The summed E-state index contributed by atoms with van der Waals surface area (Å²) in [6.45, 7) is -0.959. The molecular formula is C14H14F6N4O2S. The Labute approximate surface area is 152 Å². The van der Waals surface area contributed by atoms with Crippen LogP contribution in [-0.4, -0.2) is 51.7 Å². The molecule has 3 heterocycles. The number of ketones is 1. The Morgan fingerprint density at radius 3 is 2.56 bits per heavy atom. The summed E-state index contributed by atoms with van der Waals surface area (Å²) in [5, 5.41) is 4.14. The van der Waals surface area contributed by atoms with Crippen molar-refractivity contribution in [1.29, 1.82) is 0 Å². The number of fused-ring (bicyclic) bond motifs is 1. The third kappa shape index (κ3) is 4.41. The first-order valence-electron chi connectivity index (χ1n) is 7.73. The molecule has 0 aliphatic carbocycles. The van der Waals surface area contributed by atoms with Crippen LogP contribution in [0.5, 0.6) is 0 Å². The minimum atomic E-state index is -4.76. The fourth-order valence-corrected chi connectivity index (χ4v) is 3.91. The van der Waals surface area contributed by atoms with E-state index in [0.29, 0.717) is 9.52 Å². The van der Waals surface area contributed by atoms with Crippen molar-refractivity contribution in [2.75, 3.05) is 20.2 Å². The number of aromatic nitrogens is 3. The first-order chi connectivity index (χ1) is 12.5. The molecule has 3 rings (SSSR count). The molecule has 0 aromatic carbocycles. The second-order valence-corrected chi connectivity index (χ2v) is 7.22. The summed E-state index contributed by atoms with van der Waals surface area (Å²) < 4.78 is 83.5. The summed E-state index contributed by atoms with van der Waals surface area (Å²) in [7, 11) is 1.38. The van der Waals surface area contributed by atoms with Gasteiger partial charge in [-0.25, -0.2) is 4.98 Å². The van der Waals surface area contributed by atoms with Crippen molar-refractivity contribution in [3.63, 3.8) is 0 Å². The van der Waals surface area contributed by atoms with Crippen molar-refractivity contribution in [2.24, 2.45) is 5.92 Å². The fraction of sp³-hybridized carbons (Fsp3) is 0.643. The minimum Gasteiger partial charge on any atom is -0.377 e. The number of rotatable bonds is 5. The first-order valence-corrected chi connectivity index (χ1v) is 8.55. The Kier molecular flexibility index (Phi) is 5.20. The minimum absolute atomic E-state index is 0.00161. The number of hydrogen-bond acceptors (Lipinski definition) is 6. The highest BCUT2D eigenvalue weighted by Gasteiger charge is 2.43. The van der Waals surface area contributed by atoms with Crippen LogP contribution in [-0.2, 0) is 28.9 Å². The van der Waals surface area contributed by atoms with Crippen molar-refractivity contribution in [1.82, 2.24) is 19.5 Å². The van der Waals surface area contributed by atoms with E-state index in [0.717, 1.165) is 11.3 Å². The number of nitrogens with zero attached hydrogens (tertiary/aromatic N) is 4. The Morgan fingerprint density at radius 1 is 1.26 bits per heavy atom. The number of ether oxygens (including phenoxy) is 1. The molecule has 2 aromatic rings. The van der Waals surface area contributed by atoms with Crippen LogP contribution in [0.2, 0.25) is 0 Å². The molecule has 27 heavy (non-hydrogen) atoms. The van der Waals surface area contributed by atoms with Gasteiger partial charge in [0, 0.05) is 26.1 Å². The number of carbonyl (C=O) groups is 1. The van der Waals surface area contributed by atoms with E-state index in [4.69, 9.17) is 4.74 Å². The maximum Gasteiger partial charge on any atom is 0.435 e. The number of Topliss-reactive ketones (excluding diaryl/α,β-unsaturated/α-hetero) is 1. The van der Waals surface area contributed by atoms with Crippen LogP contribution in [0.3, 0.4) is 0 Å². The summed E-state index contributed by atoms with van der Waals surface area (Å²) in [6.07, 6.45) is -10.6. The van der Waals surface area contributed by atoms with Gasteiger partial charge in [0.1, 0.15) is 5.01 Å². The van der Waals surface area contributed by atoms with Crippen LogP contribution in [0.1, 0.15) is 22.8 Å². The largest absolute Gasteiger partial charge is 0.435 e. The van der Waals surface area contributed by atoms with Gasteiger partial charge in [-0.15, -0.1) is 0 Å². The van der Waals surface area contributed by atoms with E-state index in [2.05, 4.69) is 10.1 Å². The molecule has 1 aliphatic rings. The summed E-state index contributed by atoms with van der Waals surface area (Å²) in [5.74, 6) is -1.91. The molecule has 0 amide bonds. The van der Waals surface area contributed by atoms with E-state index in [-0.39, 0.29) is 36.9 Å². The molecular weight excluding hydrogens is 402 g/mol. The molecule has 0 saturated carbocycles. The number of imidazole rings is 1. The van der Waals surface area contributed by atoms with Crippen molar-refractivity contribution in [3.05, 3.63) is 16.4 Å². The highest BCUT2D eigenvalue weighted by molar-refractivity contribution is 7.16. The predicted molar refractivity (Wildman–Crippen MR) is 81.0 cm³/mol. The molecule has 0 N–H and O–H groups in total. The Hall–Kier alpha value is -1.73. The van der Waals surface area contributed by atoms with Crippen LogP contribution in [0.15, 0.2) is 0 Å². The van der Waals surface area contributed by atoms with Gasteiger partial charge in [-0.1, -0.05) is 11.3 Å². The lowest BCUT2D eigenvalue weighted by Crippen LogP contribution is -2.24. The van der Waals surface area contributed by atoms with Gasteiger partial charge in [0.25, 0.3) is 0 Å². The molecule has 1 fully saturated rings. The topological polar surface area (TPSA) is 59.7 Å². The lowest BCUT2D eigenvalue weighted by molar-refractivity contribution is -0.150. The lowest BCUT2D eigenvalue weighted by atomic mass is 10.0. The molecule has 0 unspecified atom stereocenters. The molecule has 150 valence electrons. The van der Waals surface area contributed by atoms with Gasteiger partial charge in [0.05, 0.1) is 25.3 Å². The second-order valence-electron chi connectivity index (χ2n) is 6.18. The zero-order valence-electron chi connectivity index (χ0n) is 13.9. The summed E-state index contributed by atoms with van der Waals surface area (Å²) >= 11 is 0.921. The molecule has 13 heteroatoms. The van der Waals surface area contributed by atoms with Crippen molar-refractivity contribution >= 4 is 22.1 Å². The second kappa shape index (κ2) is 7.02. The smallest absolute Gasteiger partial charge is 0.377 e. The van der Waals surface area contributed by atoms with Crippen molar-refractivity contribution in [3.8, 4) is 0 Å². The molecule has 6 nitrogen and oxygen atoms in total. The number of carbonyl (C=O) groups excluding carboxylic acids is 1. The number of likely N-dealkylation sites (tertiary alicyclic amines) is 1. The number of hydrogen-bond donors (Lipinski definition) is 0. The van der Waals surface area contributed by atoms with Crippen LogP contribution in [0, 0.1) is 5.92 Å². The lowest BCUT2D eigenvalue weighted by Gasteiger charge is -2.16. The average Bonchev–Trinajstić information content (AvgIpc) is 3.10. The molecule has 1 aliphatic heterocycles. The van der Waals surface area contributed by atoms with Gasteiger partial charge in [0.15, 0.2) is 11.5 Å². The monoisotopic (exact) mass is 416 g/mol. The van der Waals surface area contributed by atoms with Gasteiger partial charge in [-0.3, -0.25) is 9.69 Å². The van der Waals surface area contributed by atoms with Crippen LogP contribution in [0.25, 0.3) is 4.96 Å². The first kappa shape index (κ1) is 20.0. The normalized spacial score (nSPS) is 19.5. The van der Waals surface area contributed by atoms with Crippen molar-refractivity contribution in [2.45, 2.75) is 31.9 Å². The maximum absolute atomic E-state index is 13.5. The molecule has 1 saturated heterocycles. The van der Waals surface area contributed by atoms with Gasteiger partial charge in [-0.05, 0) is 0 Å².